The topological polar surface area (TPSA) is 38.9 Å². The molecule has 2 N–H and O–H groups in total. The van der Waals surface area contributed by atoms with Gasteiger partial charge < -0.3 is 5.73 Å². The lowest BCUT2D eigenvalue weighted by Crippen LogP contribution is -1.85. The summed E-state index contributed by atoms with van der Waals surface area (Å²) in [7, 11) is 0. The van der Waals surface area contributed by atoms with E-state index in [4.69, 9.17) is 5.73 Å². The average molecular weight is 184 g/mol. The fourth-order valence-corrected chi connectivity index (χ4v) is 1.42. The van der Waals surface area contributed by atoms with Gasteiger partial charge in [-0.25, -0.2) is 0 Å². The van der Waals surface area contributed by atoms with Gasteiger partial charge in [0, 0.05) is 17.8 Å². The molecule has 0 saturated heterocycles. The number of benzene rings is 1. The molecule has 1 aromatic carbocycles. The number of aromatic nitrogens is 1. The maximum atomic E-state index is 5.47. The van der Waals surface area contributed by atoms with Gasteiger partial charge in [0.25, 0.3) is 0 Å². The molecule has 0 atom stereocenters. The van der Waals surface area contributed by atoms with Gasteiger partial charge in [-0.2, -0.15) is 0 Å². The van der Waals surface area contributed by atoms with E-state index in [0.29, 0.717) is 0 Å². The zero-order chi connectivity index (χ0) is 9.97. The number of allylic oxidation sites excluding steroid dienone is 1. The fourth-order valence-electron chi connectivity index (χ4n) is 1.42. The highest BCUT2D eigenvalue weighted by molar-refractivity contribution is 5.85. The standard InChI is InChI=1S/C12H12N2/c1-9(7-13)10-2-3-12-8-14-5-4-11(12)6-10/h2-8H,13H2,1H3/b9-7+. The highest BCUT2D eigenvalue weighted by atomic mass is 14.6. The molecule has 0 radical (unpaired) electrons. The highest BCUT2D eigenvalue weighted by Gasteiger charge is 1.97. The van der Waals surface area contributed by atoms with Crippen molar-refractivity contribution in [2.45, 2.75) is 6.92 Å². The van der Waals surface area contributed by atoms with E-state index in [9.17, 15) is 0 Å². The second-order valence-corrected chi connectivity index (χ2v) is 3.29. The van der Waals surface area contributed by atoms with Gasteiger partial charge >= 0.3 is 0 Å². The molecule has 1 heterocycles. The van der Waals surface area contributed by atoms with E-state index < -0.39 is 0 Å². The van der Waals surface area contributed by atoms with Crippen molar-refractivity contribution in [2.75, 3.05) is 0 Å². The van der Waals surface area contributed by atoms with Crippen molar-refractivity contribution < 1.29 is 0 Å². The minimum atomic E-state index is 1.09. The lowest BCUT2D eigenvalue weighted by atomic mass is 10.0. The van der Waals surface area contributed by atoms with E-state index in [1.165, 1.54) is 5.39 Å². The van der Waals surface area contributed by atoms with Crippen LogP contribution < -0.4 is 5.73 Å². The van der Waals surface area contributed by atoms with Crippen molar-refractivity contribution in [3.8, 4) is 0 Å². The molecule has 2 rings (SSSR count). The monoisotopic (exact) mass is 184 g/mol. The Morgan fingerprint density at radius 3 is 2.93 bits per heavy atom. The molecule has 0 unspecified atom stereocenters. The van der Waals surface area contributed by atoms with Crippen LogP contribution in [0.4, 0.5) is 0 Å². The summed E-state index contributed by atoms with van der Waals surface area (Å²) in [5.41, 5.74) is 7.72. The third-order valence-electron chi connectivity index (χ3n) is 2.35. The number of nitrogens with zero attached hydrogens (tertiary/aromatic N) is 1. The average Bonchev–Trinajstić information content (AvgIpc) is 2.27. The summed E-state index contributed by atoms with van der Waals surface area (Å²) in [6, 6.07) is 8.24. The summed E-state index contributed by atoms with van der Waals surface area (Å²) in [6.07, 6.45) is 5.29. The number of rotatable bonds is 1. The van der Waals surface area contributed by atoms with Crippen molar-refractivity contribution in [2.24, 2.45) is 5.73 Å². The minimum Gasteiger partial charge on any atom is -0.404 e. The summed E-state index contributed by atoms with van der Waals surface area (Å²) in [4.78, 5) is 4.07. The molecule has 1 aromatic heterocycles. The van der Waals surface area contributed by atoms with Gasteiger partial charge in [0.1, 0.15) is 0 Å². The third kappa shape index (κ3) is 1.46. The molecule has 0 spiro atoms. The third-order valence-corrected chi connectivity index (χ3v) is 2.35. The Kier molecular flexibility index (Phi) is 2.19. The molecular weight excluding hydrogens is 172 g/mol. The number of pyridine rings is 1. The summed E-state index contributed by atoms with van der Waals surface area (Å²) in [5, 5.41) is 2.35. The first-order chi connectivity index (χ1) is 6.81. The number of fused-ring (bicyclic) bond motifs is 1. The molecule has 0 amide bonds. The van der Waals surface area contributed by atoms with Crippen molar-refractivity contribution in [3.63, 3.8) is 0 Å². The summed E-state index contributed by atoms with van der Waals surface area (Å²) < 4.78 is 0. The molecule has 2 aromatic rings. The van der Waals surface area contributed by atoms with Crippen LogP contribution in [0.25, 0.3) is 16.3 Å². The first-order valence-electron chi connectivity index (χ1n) is 4.54. The van der Waals surface area contributed by atoms with Gasteiger partial charge in [0.15, 0.2) is 0 Å². The predicted octanol–water partition coefficient (Wildman–Crippen LogP) is 2.55. The molecule has 2 heteroatoms. The number of hydrogen-bond acceptors (Lipinski definition) is 2. The Labute approximate surface area is 83.1 Å². The highest BCUT2D eigenvalue weighted by Crippen LogP contribution is 2.19. The van der Waals surface area contributed by atoms with Crippen LogP contribution >= 0.6 is 0 Å². The molecule has 0 fully saturated rings. The van der Waals surface area contributed by atoms with Gasteiger partial charge in [-0.1, -0.05) is 12.1 Å². The van der Waals surface area contributed by atoms with Crippen LogP contribution in [0.5, 0.6) is 0 Å². The zero-order valence-corrected chi connectivity index (χ0v) is 8.07. The summed E-state index contributed by atoms with van der Waals surface area (Å²) >= 11 is 0. The van der Waals surface area contributed by atoms with Crippen molar-refractivity contribution in [1.82, 2.24) is 4.98 Å². The van der Waals surface area contributed by atoms with Crippen LogP contribution in [0.1, 0.15) is 12.5 Å². The fraction of sp³-hybridized carbons (Fsp3) is 0.0833. The molecule has 0 aliphatic carbocycles. The smallest absolute Gasteiger partial charge is 0.0346 e. The maximum absolute atomic E-state index is 5.47. The lowest BCUT2D eigenvalue weighted by molar-refractivity contribution is 1.36. The Bertz CT molecular complexity index is 486. The van der Waals surface area contributed by atoms with Crippen molar-refractivity contribution >= 4 is 16.3 Å². The van der Waals surface area contributed by atoms with Crippen molar-refractivity contribution in [3.05, 3.63) is 48.4 Å². The van der Waals surface area contributed by atoms with Crippen LogP contribution in [-0.2, 0) is 0 Å². The second-order valence-electron chi connectivity index (χ2n) is 3.29. The zero-order valence-electron chi connectivity index (χ0n) is 8.07. The van der Waals surface area contributed by atoms with E-state index >= 15 is 0 Å². The van der Waals surface area contributed by atoms with Gasteiger partial charge in [0.2, 0.25) is 0 Å². The van der Waals surface area contributed by atoms with Crippen LogP contribution in [0.3, 0.4) is 0 Å². The largest absolute Gasteiger partial charge is 0.404 e. The summed E-state index contributed by atoms with van der Waals surface area (Å²) in [6.45, 7) is 2.00. The first-order valence-corrected chi connectivity index (χ1v) is 4.54. The SMILES string of the molecule is C/C(=C\N)c1ccc2cnccc2c1. The number of nitrogens with two attached hydrogens (primary N) is 1. The molecule has 2 nitrogen and oxygen atoms in total. The van der Waals surface area contributed by atoms with E-state index in [1.807, 2.05) is 19.2 Å². The minimum absolute atomic E-state index is 1.09. The Morgan fingerprint density at radius 1 is 1.29 bits per heavy atom. The van der Waals surface area contributed by atoms with Gasteiger partial charge in [-0.15, -0.1) is 0 Å². The molecule has 0 aliphatic heterocycles. The predicted molar refractivity (Wildman–Crippen MR) is 59.6 cm³/mol. The Morgan fingerprint density at radius 2 is 2.14 bits per heavy atom. The van der Waals surface area contributed by atoms with Crippen LogP contribution in [0.2, 0.25) is 0 Å². The van der Waals surface area contributed by atoms with Crippen LogP contribution in [0.15, 0.2) is 42.9 Å². The molecule has 0 bridgehead atoms. The molecular formula is C12H12N2. The normalized spacial score (nSPS) is 11.9. The summed E-state index contributed by atoms with van der Waals surface area (Å²) in [5.74, 6) is 0. The molecule has 14 heavy (non-hydrogen) atoms. The lowest BCUT2D eigenvalue weighted by Gasteiger charge is -2.02. The van der Waals surface area contributed by atoms with Gasteiger partial charge in [-0.3, -0.25) is 4.98 Å². The maximum Gasteiger partial charge on any atom is 0.0346 e. The Hall–Kier alpha value is -1.83. The van der Waals surface area contributed by atoms with Crippen LogP contribution in [0, 0.1) is 0 Å². The quantitative estimate of drug-likeness (QED) is 0.739. The van der Waals surface area contributed by atoms with E-state index in [1.54, 1.807) is 12.4 Å². The van der Waals surface area contributed by atoms with E-state index in [0.717, 1.165) is 16.5 Å². The first kappa shape index (κ1) is 8.75. The number of hydrogen-bond donors (Lipinski definition) is 1. The Balaban J connectivity index is 2.62. The van der Waals surface area contributed by atoms with Crippen LogP contribution in [-0.4, -0.2) is 4.98 Å². The molecule has 0 aliphatic rings. The van der Waals surface area contributed by atoms with Gasteiger partial charge in [0.05, 0.1) is 0 Å². The van der Waals surface area contributed by atoms with Gasteiger partial charge in [-0.05, 0) is 41.8 Å². The second kappa shape index (κ2) is 3.50. The van der Waals surface area contributed by atoms with E-state index in [2.05, 4.69) is 23.2 Å². The molecule has 70 valence electrons. The van der Waals surface area contributed by atoms with Crippen molar-refractivity contribution in [1.29, 1.82) is 0 Å². The van der Waals surface area contributed by atoms with E-state index in [-0.39, 0.29) is 0 Å². The molecule has 0 saturated carbocycles.